The second-order valence-electron chi connectivity index (χ2n) is 4.10. The maximum atomic E-state index is 13.7. The molecule has 1 N–H and O–H groups in total. The van der Waals surface area contributed by atoms with Crippen LogP contribution in [0.25, 0.3) is 0 Å². The minimum absolute atomic E-state index is 0.00523. The summed E-state index contributed by atoms with van der Waals surface area (Å²) in [5.74, 6) is -1.47. The van der Waals surface area contributed by atoms with Crippen LogP contribution in [0.15, 0.2) is 16.2 Å². The highest BCUT2D eigenvalue weighted by molar-refractivity contribution is 7.99. The van der Waals surface area contributed by atoms with Crippen molar-refractivity contribution in [1.82, 2.24) is 25.2 Å². The number of hydrogen-bond acceptors (Lipinski definition) is 6. The van der Waals surface area contributed by atoms with E-state index in [2.05, 4.69) is 25.8 Å². The van der Waals surface area contributed by atoms with Crippen molar-refractivity contribution >= 4 is 17.6 Å². The molecule has 100 valence electrons. The lowest BCUT2D eigenvalue weighted by Crippen LogP contribution is -2.02. The van der Waals surface area contributed by atoms with Gasteiger partial charge in [-0.25, -0.2) is 18.4 Å². The van der Waals surface area contributed by atoms with E-state index in [0.717, 1.165) is 30.7 Å². The Hall–Kier alpha value is -1.77. The van der Waals surface area contributed by atoms with Crippen LogP contribution in [0.5, 0.6) is 0 Å². The standard InChI is InChI=1S/C10H10F2N6S/c1-13-8-6(11)4-7(12)9(14-8)19-10-15-16-17-18(10)5-2-3-5/h4-5H,2-3H2,1H3,(H,13,14). The molecule has 1 aliphatic rings. The molecule has 2 heterocycles. The van der Waals surface area contributed by atoms with E-state index in [1.165, 1.54) is 7.05 Å². The SMILES string of the molecule is CNc1nc(Sc2nnnn2C2CC2)c(F)cc1F. The number of anilines is 1. The average molecular weight is 284 g/mol. The molecule has 1 saturated carbocycles. The fourth-order valence-electron chi connectivity index (χ4n) is 1.58. The Kier molecular flexibility index (Phi) is 3.05. The lowest BCUT2D eigenvalue weighted by Gasteiger charge is -2.06. The average Bonchev–Trinajstić information content (AvgIpc) is 3.13. The zero-order valence-corrected chi connectivity index (χ0v) is 10.8. The minimum atomic E-state index is -0.730. The van der Waals surface area contributed by atoms with Crippen molar-refractivity contribution in [2.24, 2.45) is 0 Å². The number of hydrogen-bond donors (Lipinski definition) is 1. The summed E-state index contributed by atoms with van der Waals surface area (Å²) < 4.78 is 28.6. The van der Waals surface area contributed by atoms with E-state index in [4.69, 9.17) is 0 Å². The third-order valence-electron chi connectivity index (χ3n) is 2.68. The van der Waals surface area contributed by atoms with E-state index in [0.29, 0.717) is 5.16 Å². The third kappa shape index (κ3) is 2.37. The minimum Gasteiger partial charge on any atom is -0.371 e. The molecule has 3 rings (SSSR count). The number of pyridine rings is 1. The monoisotopic (exact) mass is 284 g/mol. The molecule has 0 atom stereocenters. The van der Waals surface area contributed by atoms with Crippen molar-refractivity contribution in [2.45, 2.75) is 29.1 Å². The lowest BCUT2D eigenvalue weighted by molar-refractivity contribution is 0.547. The van der Waals surface area contributed by atoms with Gasteiger partial charge in [-0.2, -0.15) is 0 Å². The number of halogens is 2. The predicted octanol–water partition coefficient (Wildman–Crippen LogP) is 1.87. The lowest BCUT2D eigenvalue weighted by atomic mass is 10.4. The second kappa shape index (κ2) is 4.72. The molecule has 1 aliphatic carbocycles. The van der Waals surface area contributed by atoms with Crippen molar-refractivity contribution in [1.29, 1.82) is 0 Å². The number of tetrazole rings is 1. The molecule has 1 fully saturated rings. The van der Waals surface area contributed by atoms with Crippen LogP contribution in [0.3, 0.4) is 0 Å². The fourth-order valence-corrected chi connectivity index (χ4v) is 2.41. The van der Waals surface area contributed by atoms with Crippen molar-refractivity contribution in [3.63, 3.8) is 0 Å². The van der Waals surface area contributed by atoms with Crippen molar-refractivity contribution in [3.05, 3.63) is 17.7 Å². The van der Waals surface area contributed by atoms with Gasteiger partial charge in [0.2, 0.25) is 5.16 Å². The Morgan fingerprint density at radius 2 is 2.16 bits per heavy atom. The maximum Gasteiger partial charge on any atom is 0.215 e. The molecule has 0 aromatic carbocycles. The quantitative estimate of drug-likeness (QED) is 0.924. The molecular formula is C10H10F2N6S. The van der Waals surface area contributed by atoms with Gasteiger partial charge >= 0.3 is 0 Å². The van der Waals surface area contributed by atoms with E-state index >= 15 is 0 Å². The summed E-state index contributed by atoms with van der Waals surface area (Å²) >= 11 is 0.988. The van der Waals surface area contributed by atoms with Gasteiger partial charge in [0, 0.05) is 13.1 Å². The highest BCUT2D eigenvalue weighted by atomic mass is 32.2. The number of nitrogens with zero attached hydrogens (tertiary/aromatic N) is 5. The van der Waals surface area contributed by atoms with E-state index < -0.39 is 11.6 Å². The van der Waals surface area contributed by atoms with E-state index in [-0.39, 0.29) is 16.9 Å². The molecule has 0 spiro atoms. The summed E-state index contributed by atoms with van der Waals surface area (Å²) in [5.41, 5.74) is 0. The molecule has 0 saturated heterocycles. The summed E-state index contributed by atoms with van der Waals surface area (Å²) in [6.45, 7) is 0. The highest BCUT2D eigenvalue weighted by Gasteiger charge is 2.28. The molecule has 0 radical (unpaired) electrons. The van der Waals surface area contributed by atoms with Gasteiger partial charge in [-0.15, -0.1) is 5.10 Å². The van der Waals surface area contributed by atoms with Gasteiger partial charge < -0.3 is 5.32 Å². The van der Waals surface area contributed by atoms with Gasteiger partial charge in [0.05, 0.1) is 6.04 Å². The molecule has 0 amide bonds. The Morgan fingerprint density at radius 1 is 1.37 bits per heavy atom. The molecule has 0 unspecified atom stereocenters. The van der Waals surface area contributed by atoms with Gasteiger partial charge in [-0.3, -0.25) is 0 Å². The van der Waals surface area contributed by atoms with Crippen molar-refractivity contribution in [3.8, 4) is 0 Å². The van der Waals surface area contributed by atoms with Crippen LogP contribution in [0.1, 0.15) is 18.9 Å². The summed E-state index contributed by atoms with van der Waals surface area (Å²) in [6.07, 6.45) is 2.03. The predicted molar refractivity (Wildman–Crippen MR) is 63.9 cm³/mol. The number of nitrogens with one attached hydrogen (secondary N) is 1. The van der Waals surface area contributed by atoms with Crippen LogP contribution >= 0.6 is 11.8 Å². The first kappa shape index (κ1) is 12.3. The highest BCUT2D eigenvalue weighted by Crippen LogP contribution is 2.38. The molecular weight excluding hydrogens is 274 g/mol. The molecule has 19 heavy (non-hydrogen) atoms. The topological polar surface area (TPSA) is 68.5 Å². The summed E-state index contributed by atoms with van der Waals surface area (Å²) in [6, 6.07) is 1.08. The third-order valence-corrected chi connectivity index (χ3v) is 3.61. The normalized spacial score (nSPS) is 14.7. The Balaban J connectivity index is 1.92. The van der Waals surface area contributed by atoms with Crippen LogP contribution in [0.4, 0.5) is 14.6 Å². The fraction of sp³-hybridized carbons (Fsp3) is 0.400. The zero-order chi connectivity index (χ0) is 13.4. The van der Waals surface area contributed by atoms with Gasteiger partial charge in [0.15, 0.2) is 17.5 Å². The van der Waals surface area contributed by atoms with E-state index in [9.17, 15) is 8.78 Å². The summed E-state index contributed by atoms with van der Waals surface area (Å²) in [7, 11) is 1.52. The first-order chi connectivity index (χ1) is 9.19. The Bertz CT molecular complexity index is 612. The number of aromatic nitrogens is 5. The summed E-state index contributed by atoms with van der Waals surface area (Å²) in [4.78, 5) is 3.88. The van der Waals surface area contributed by atoms with Gasteiger partial charge in [0.25, 0.3) is 0 Å². The second-order valence-corrected chi connectivity index (χ2v) is 5.05. The first-order valence-electron chi connectivity index (χ1n) is 5.68. The van der Waals surface area contributed by atoms with Crippen molar-refractivity contribution in [2.75, 3.05) is 12.4 Å². The smallest absolute Gasteiger partial charge is 0.215 e. The first-order valence-corrected chi connectivity index (χ1v) is 6.50. The molecule has 2 aromatic rings. The van der Waals surface area contributed by atoms with Gasteiger partial charge in [-0.05, 0) is 35.0 Å². The molecule has 2 aromatic heterocycles. The van der Waals surface area contributed by atoms with Gasteiger partial charge in [-0.1, -0.05) is 0 Å². The number of rotatable bonds is 4. The van der Waals surface area contributed by atoms with Gasteiger partial charge in [0.1, 0.15) is 5.03 Å². The molecule has 9 heteroatoms. The van der Waals surface area contributed by atoms with E-state index in [1.807, 2.05) is 0 Å². The van der Waals surface area contributed by atoms with Crippen LogP contribution in [0, 0.1) is 11.6 Å². The molecule has 0 aliphatic heterocycles. The molecule has 6 nitrogen and oxygen atoms in total. The zero-order valence-electron chi connectivity index (χ0n) is 9.97. The Labute approximate surface area is 111 Å². The van der Waals surface area contributed by atoms with Crippen LogP contribution in [-0.4, -0.2) is 32.2 Å². The maximum absolute atomic E-state index is 13.7. The van der Waals surface area contributed by atoms with Crippen LogP contribution < -0.4 is 5.32 Å². The summed E-state index contributed by atoms with van der Waals surface area (Å²) in [5, 5.41) is 14.3. The Morgan fingerprint density at radius 3 is 2.84 bits per heavy atom. The van der Waals surface area contributed by atoms with Crippen molar-refractivity contribution < 1.29 is 8.78 Å². The van der Waals surface area contributed by atoms with E-state index in [1.54, 1.807) is 4.68 Å². The van der Waals surface area contributed by atoms with Crippen LogP contribution in [-0.2, 0) is 0 Å². The van der Waals surface area contributed by atoms with Crippen LogP contribution in [0.2, 0.25) is 0 Å². The largest absolute Gasteiger partial charge is 0.371 e. The molecule has 0 bridgehead atoms.